The Morgan fingerprint density at radius 3 is 2.78 bits per heavy atom. The number of benzene rings is 1. The number of thioether (sulfide) groups is 1. The number of rotatable bonds is 8. The van der Waals surface area contributed by atoms with Gasteiger partial charge in [-0.25, -0.2) is 5.10 Å². The van der Waals surface area contributed by atoms with Crippen LogP contribution in [-0.2, 0) is 4.79 Å². The second-order valence-corrected chi connectivity index (χ2v) is 6.35. The molecule has 0 aliphatic heterocycles. The van der Waals surface area contributed by atoms with Crippen LogP contribution in [0.2, 0.25) is 0 Å². The first kappa shape index (κ1) is 17.3. The quantitative estimate of drug-likeness (QED) is 0.572. The Balaban J connectivity index is 1.72. The number of carbonyl (C=O) groups is 1. The molecule has 124 valence electrons. The van der Waals surface area contributed by atoms with Crippen LogP contribution in [0, 0.1) is 13.8 Å². The van der Waals surface area contributed by atoms with Crippen LogP contribution in [0.1, 0.15) is 30.9 Å². The molecule has 2 rings (SSSR count). The van der Waals surface area contributed by atoms with Crippen LogP contribution in [0.4, 0.5) is 5.95 Å². The summed E-state index contributed by atoms with van der Waals surface area (Å²) >= 11 is 1.52. The number of aromatic nitrogens is 3. The van der Waals surface area contributed by atoms with E-state index < -0.39 is 0 Å². The molecule has 1 aromatic carbocycles. The standard InChI is InChI=1S/C16H22N4O2S/c1-4-23-16-18-15(19-20-16)17-13(21)9-6-10-22-14-11(2)7-5-8-12(14)3/h5,7-8H,4,6,9-10H2,1-3H3,(H2,17,18,19,20,21). The predicted molar refractivity (Wildman–Crippen MR) is 92.1 cm³/mol. The average Bonchev–Trinajstić information content (AvgIpc) is 2.93. The zero-order chi connectivity index (χ0) is 16.7. The van der Waals surface area contributed by atoms with Gasteiger partial charge in [-0.1, -0.05) is 36.9 Å². The van der Waals surface area contributed by atoms with Crippen molar-refractivity contribution in [2.24, 2.45) is 0 Å². The number of nitrogens with zero attached hydrogens (tertiary/aromatic N) is 2. The summed E-state index contributed by atoms with van der Waals surface area (Å²) in [5, 5.41) is 10.1. The topological polar surface area (TPSA) is 79.9 Å². The normalized spacial score (nSPS) is 10.6. The van der Waals surface area contributed by atoms with Gasteiger partial charge in [0, 0.05) is 6.42 Å². The molecule has 1 amide bonds. The minimum Gasteiger partial charge on any atom is -0.493 e. The van der Waals surface area contributed by atoms with Crippen molar-refractivity contribution in [3.63, 3.8) is 0 Å². The number of aryl methyl sites for hydroxylation is 2. The molecule has 0 aliphatic carbocycles. The van der Waals surface area contributed by atoms with E-state index in [1.54, 1.807) is 0 Å². The summed E-state index contributed by atoms with van der Waals surface area (Å²) in [4.78, 5) is 16.0. The van der Waals surface area contributed by atoms with E-state index in [2.05, 4.69) is 20.5 Å². The lowest BCUT2D eigenvalue weighted by atomic mass is 10.1. The number of hydrogen-bond donors (Lipinski definition) is 2. The summed E-state index contributed by atoms with van der Waals surface area (Å²) in [6.45, 7) is 6.57. The summed E-state index contributed by atoms with van der Waals surface area (Å²) in [5.41, 5.74) is 2.22. The molecule has 0 spiro atoms. The largest absolute Gasteiger partial charge is 0.493 e. The molecular formula is C16H22N4O2S. The number of H-pyrrole nitrogens is 1. The van der Waals surface area contributed by atoms with Gasteiger partial charge in [-0.3, -0.25) is 10.1 Å². The summed E-state index contributed by atoms with van der Waals surface area (Å²) in [7, 11) is 0. The fourth-order valence-corrected chi connectivity index (χ4v) is 2.65. The maximum atomic E-state index is 11.9. The lowest BCUT2D eigenvalue weighted by Crippen LogP contribution is -2.14. The molecule has 0 bridgehead atoms. The monoisotopic (exact) mass is 334 g/mol. The molecule has 7 heteroatoms. The second-order valence-electron chi connectivity index (χ2n) is 5.12. The third-order valence-electron chi connectivity index (χ3n) is 3.20. The van der Waals surface area contributed by atoms with Crippen molar-refractivity contribution in [1.82, 2.24) is 15.2 Å². The molecule has 0 radical (unpaired) electrons. The van der Waals surface area contributed by atoms with Crippen molar-refractivity contribution in [1.29, 1.82) is 0 Å². The molecule has 1 aromatic heterocycles. The van der Waals surface area contributed by atoms with Gasteiger partial charge in [-0.05, 0) is 37.1 Å². The predicted octanol–water partition coefficient (Wildman–Crippen LogP) is 3.33. The first-order chi connectivity index (χ1) is 11.1. The molecule has 6 nitrogen and oxygen atoms in total. The van der Waals surface area contributed by atoms with E-state index >= 15 is 0 Å². The van der Waals surface area contributed by atoms with E-state index in [0.717, 1.165) is 22.6 Å². The number of ether oxygens (including phenoxy) is 1. The highest BCUT2D eigenvalue weighted by Crippen LogP contribution is 2.22. The lowest BCUT2D eigenvalue weighted by Gasteiger charge is -2.11. The molecule has 0 fully saturated rings. The van der Waals surface area contributed by atoms with Crippen molar-refractivity contribution in [3.05, 3.63) is 29.3 Å². The van der Waals surface area contributed by atoms with Gasteiger partial charge in [0.05, 0.1) is 6.61 Å². The highest BCUT2D eigenvalue weighted by molar-refractivity contribution is 7.99. The first-order valence-electron chi connectivity index (χ1n) is 7.64. The number of carbonyl (C=O) groups excluding carboxylic acids is 1. The highest BCUT2D eigenvalue weighted by Gasteiger charge is 2.08. The van der Waals surface area contributed by atoms with Gasteiger partial charge in [0.1, 0.15) is 5.75 Å². The summed E-state index contributed by atoms with van der Waals surface area (Å²) in [6, 6.07) is 6.04. The Kier molecular flexibility index (Phi) is 6.46. The highest BCUT2D eigenvalue weighted by atomic mass is 32.2. The van der Waals surface area contributed by atoms with Crippen molar-refractivity contribution in [2.75, 3.05) is 17.7 Å². The Labute approximate surface area is 140 Å². The smallest absolute Gasteiger partial charge is 0.226 e. The van der Waals surface area contributed by atoms with E-state index in [1.165, 1.54) is 11.8 Å². The fourth-order valence-electron chi connectivity index (χ4n) is 2.12. The van der Waals surface area contributed by atoms with Crippen LogP contribution in [0.5, 0.6) is 5.75 Å². The van der Waals surface area contributed by atoms with Gasteiger partial charge in [-0.15, -0.1) is 5.10 Å². The zero-order valence-corrected chi connectivity index (χ0v) is 14.5. The summed E-state index contributed by atoms with van der Waals surface area (Å²) < 4.78 is 5.79. The summed E-state index contributed by atoms with van der Waals surface area (Å²) in [6.07, 6.45) is 1.02. The summed E-state index contributed by atoms with van der Waals surface area (Å²) in [5.74, 6) is 2.09. The number of amides is 1. The number of anilines is 1. The second kappa shape index (κ2) is 8.57. The van der Waals surface area contributed by atoms with Crippen LogP contribution in [0.25, 0.3) is 0 Å². The molecule has 23 heavy (non-hydrogen) atoms. The molecule has 0 atom stereocenters. The SMILES string of the molecule is CCSc1n[nH]c(NC(=O)CCCOc2c(C)cccc2C)n1. The molecule has 0 saturated carbocycles. The number of para-hydroxylation sites is 1. The van der Waals surface area contributed by atoms with E-state index in [0.29, 0.717) is 30.6 Å². The molecule has 2 aromatic rings. The van der Waals surface area contributed by atoms with E-state index in [1.807, 2.05) is 39.0 Å². The van der Waals surface area contributed by atoms with Crippen molar-refractivity contribution >= 4 is 23.6 Å². The number of hydrogen-bond acceptors (Lipinski definition) is 5. The zero-order valence-electron chi connectivity index (χ0n) is 13.7. The van der Waals surface area contributed by atoms with Gasteiger partial charge < -0.3 is 4.74 Å². The lowest BCUT2D eigenvalue weighted by molar-refractivity contribution is -0.116. The third kappa shape index (κ3) is 5.28. The van der Waals surface area contributed by atoms with Gasteiger partial charge in [0.2, 0.25) is 17.0 Å². The Bertz CT molecular complexity index is 637. The van der Waals surface area contributed by atoms with Crippen molar-refractivity contribution < 1.29 is 9.53 Å². The molecule has 0 aliphatic rings. The average molecular weight is 334 g/mol. The molecule has 1 heterocycles. The minimum absolute atomic E-state index is 0.0979. The molecule has 0 saturated heterocycles. The van der Waals surface area contributed by atoms with E-state index in [-0.39, 0.29) is 5.91 Å². The number of aromatic amines is 1. The van der Waals surface area contributed by atoms with Crippen LogP contribution < -0.4 is 10.1 Å². The first-order valence-corrected chi connectivity index (χ1v) is 8.62. The Morgan fingerprint density at radius 2 is 2.09 bits per heavy atom. The van der Waals surface area contributed by atoms with Crippen molar-refractivity contribution in [2.45, 2.75) is 38.8 Å². The van der Waals surface area contributed by atoms with Gasteiger partial charge >= 0.3 is 0 Å². The van der Waals surface area contributed by atoms with Crippen LogP contribution in [0.3, 0.4) is 0 Å². The molecule has 2 N–H and O–H groups in total. The fraction of sp³-hybridized carbons (Fsp3) is 0.438. The Hall–Kier alpha value is -2.02. The minimum atomic E-state index is -0.0979. The third-order valence-corrected chi connectivity index (χ3v) is 3.93. The van der Waals surface area contributed by atoms with Gasteiger partial charge in [0.15, 0.2) is 0 Å². The molecule has 0 unspecified atom stereocenters. The Morgan fingerprint density at radius 1 is 1.35 bits per heavy atom. The van der Waals surface area contributed by atoms with E-state index in [4.69, 9.17) is 4.74 Å². The van der Waals surface area contributed by atoms with Crippen LogP contribution >= 0.6 is 11.8 Å². The van der Waals surface area contributed by atoms with E-state index in [9.17, 15) is 4.79 Å². The number of nitrogens with one attached hydrogen (secondary N) is 2. The van der Waals surface area contributed by atoms with Crippen LogP contribution in [0.15, 0.2) is 23.4 Å². The van der Waals surface area contributed by atoms with Gasteiger partial charge in [-0.2, -0.15) is 4.98 Å². The molecular weight excluding hydrogens is 312 g/mol. The van der Waals surface area contributed by atoms with Crippen molar-refractivity contribution in [3.8, 4) is 5.75 Å². The van der Waals surface area contributed by atoms with Gasteiger partial charge in [0.25, 0.3) is 0 Å². The maximum Gasteiger partial charge on any atom is 0.226 e. The maximum absolute atomic E-state index is 11.9. The van der Waals surface area contributed by atoms with Crippen LogP contribution in [-0.4, -0.2) is 33.4 Å².